The average Bonchev–Trinajstić information content (AvgIpc) is 2.56. The van der Waals surface area contributed by atoms with Crippen LogP contribution in [0.5, 0.6) is 0 Å². The molecule has 2 nitrogen and oxygen atoms in total. The molecule has 0 aliphatic carbocycles. The molecular weight excluding hydrogens is 267 g/mol. The third kappa shape index (κ3) is 11.5. The van der Waals surface area contributed by atoms with Crippen LogP contribution in [-0.4, -0.2) is 18.7 Å². The minimum atomic E-state index is -0.573. The number of carbonyl (C=O) groups is 2. The Morgan fingerprint density at radius 1 is 1.10 bits per heavy atom. The first-order valence-electron chi connectivity index (χ1n) is 6.86. The van der Waals surface area contributed by atoms with Gasteiger partial charge in [-0.25, -0.2) is 0 Å². The summed E-state index contributed by atoms with van der Waals surface area (Å²) in [6, 6.07) is 0. The lowest BCUT2D eigenvalue weighted by atomic mass is 10.0. The molecule has 0 saturated heterocycles. The lowest BCUT2D eigenvalue weighted by Gasteiger charge is -2.00. The van der Waals surface area contributed by atoms with E-state index in [0.29, 0.717) is 12.8 Å². The molecule has 0 aromatic rings. The minimum Gasteiger partial charge on any atom is -0.285 e. The highest BCUT2D eigenvalue weighted by atomic mass is 19.1. The first-order valence-corrected chi connectivity index (χ1v) is 6.86. The number of rotatable bonds is 7. The van der Waals surface area contributed by atoms with Crippen molar-refractivity contribution in [2.24, 2.45) is 0 Å². The van der Waals surface area contributed by atoms with Crippen LogP contribution in [0.15, 0.2) is 60.8 Å². The molecule has 0 amide bonds. The van der Waals surface area contributed by atoms with Crippen molar-refractivity contribution in [2.75, 3.05) is 7.18 Å². The summed E-state index contributed by atoms with van der Waals surface area (Å²) < 4.78 is 9.50. The fourth-order valence-corrected chi connectivity index (χ4v) is 1.09. The maximum atomic E-state index is 11.8. The number of Topliss-reactive ketones (excluding diaryl/α,β-unsaturated/α-hetero) is 2. The molecule has 21 heavy (non-hydrogen) atoms. The molecule has 0 radical (unpaired) electrons. The van der Waals surface area contributed by atoms with Crippen LogP contribution in [0.1, 0.15) is 34.1 Å². The number of hydrogen-bond donors (Lipinski definition) is 0. The summed E-state index contributed by atoms with van der Waals surface area (Å²) in [4.78, 5) is 23.5. The van der Waals surface area contributed by atoms with Crippen LogP contribution in [0.2, 0.25) is 0 Å². The van der Waals surface area contributed by atoms with Crippen molar-refractivity contribution in [3.63, 3.8) is 0 Å². The van der Waals surface area contributed by atoms with E-state index in [0.717, 1.165) is 6.42 Å². The van der Waals surface area contributed by atoms with Gasteiger partial charge in [0.1, 0.15) is 0 Å². The fourth-order valence-electron chi connectivity index (χ4n) is 1.09. The predicted molar refractivity (Wildman–Crippen MR) is 90.1 cm³/mol. The van der Waals surface area contributed by atoms with Gasteiger partial charge >= 0.3 is 0 Å². The van der Waals surface area contributed by atoms with Gasteiger partial charge in [0.2, 0.25) is 11.6 Å². The van der Waals surface area contributed by atoms with Gasteiger partial charge in [-0.15, -0.1) is 0 Å². The lowest BCUT2D eigenvalue weighted by molar-refractivity contribution is -0.131. The van der Waals surface area contributed by atoms with Crippen molar-refractivity contribution >= 4 is 11.6 Å². The molecule has 0 aromatic carbocycles. The van der Waals surface area contributed by atoms with E-state index >= 15 is 0 Å². The number of carbonyl (C=O) groups excluding carboxylic acids is 2. The Balaban J connectivity index is -0.000000739. The van der Waals surface area contributed by atoms with Crippen molar-refractivity contribution in [2.45, 2.75) is 34.1 Å². The maximum Gasteiger partial charge on any atom is 0.233 e. The Morgan fingerprint density at radius 2 is 1.62 bits per heavy atom. The van der Waals surface area contributed by atoms with Gasteiger partial charge in [-0.05, 0) is 13.3 Å². The zero-order valence-electron chi connectivity index (χ0n) is 13.8. The molecule has 0 bridgehead atoms. The van der Waals surface area contributed by atoms with Crippen LogP contribution in [-0.2, 0) is 9.59 Å². The highest BCUT2D eigenvalue weighted by molar-refractivity contribution is 6.50. The van der Waals surface area contributed by atoms with E-state index in [1.165, 1.54) is 0 Å². The van der Waals surface area contributed by atoms with E-state index < -0.39 is 11.6 Å². The standard InChI is InChI=1S/C15H18O2.C2H6.CH3F/c1-5-8-10-12(4)14(16)15(17)13(7-3)11-9-6-2;2*1-2/h6-11H,2,4-5H2,1,3H3;1-2H3;1H3/b10-8-,11-9-,13-7+;;. The highest BCUT2D eigenvalue weighted by Crippen LogP contribution is 2.06. The second kappa shape index (κ2) is 18.0. The molecule has 0 aliphatic heterocycles. The lowest BCUT2D eigenvalue weighted by Crippen LogP contribution is -2.16. The summed E-state index contributed by atoms with van der Waals surface area (Å²) >= 11 is 0. The number of allylic oxidation sites excluding steroid dienone is 8. The van der Waals surface area contributed by atoms with Crippen molar-refractivity contribution in [1.82, 2.24) is 0 Å². The summed E-state index contributed by atoms with van der Waals surface area (Å²) in [5.74, 6) is -1.12. The zero-order chi connectivity index (χ0) is 17.3. The summed E-state index contributed by atoms with van der Waals surface area (Å²) in [5.41, 5.74) is 0.559. The third-order valence-corrected chi connectivity index (χ3v) is 2.04. The van der Waals surface area contributed by atoms with Gasteiger partial charge < -0.3 is 0 Å². The molecule has 0 N–H and O–H groups in total. The predicted octanol–water partition coefficient (Wildman–Crippen LogP) is 4.95. The quantitative estimate of drug-likeness (QED) is 0.378. The van der Waals surface area contributed by atoms with Crippen molar-refractivity contribution in [3.8, 4) is 0 Å². The highest BCUT2D eigenvalue weighted by Gasteiger charge is 2.17. The first kappa shape index (κ1) is 24.0. The molecule has 0 atom stereocenters. The first-order chi connectivity index (χ1) is 10.1. The van der Waals surface area contributed by atoms with E-state index in [-0.39, 0.29) is 5.57 Å². The van der Waals surface area contributed by atoms with E-state index in [2.05, 4.69) is 13.2 Å². The third-order valence-electron chi connectivity index (χ3n) is 2.04. The second-order valence-electron chi connectivity index (χ2n) is 3.33. The summed E-state index contributed by atoms with van der Waals surface area (Å²) in [7, 11) is 0.500. The largest absolute Gasteiger partial charge is 0.285 e. The van der Waals surface area contributed by atoms with Crippen molar-refractivity contribution < 1.29 is 14.0 Å². The van der Waals surface area contributed by atoms with E-state index in [1.807, 2.05) is 20.8 Å². The molecule has 0 heterocycles. The van der Waals surface area contributed by atoms with Crippen LogP contribution in [0.25, 0.3) is 0 Å². The molecule has 0 spiro atoms. The van der Waals surface area contributed by atoms with Gasteiger partial charge in [0.15, 0.2) is 0 Å². The van der Waals surface area contributed by atoms with Crippen LogP contribution in [0, 0.1) is 0 Å². The maximum absolute atomic E-state index is 11.8. The topological polar surface area (TPSA) is 34.1 Å². The minimum absolute atomic E-state index is 0.211. The van der Waals surface area contributed by atoms with Gasteiger partial charge in [0.25, 0.3) is 0 Å². The van der Waals surface area contributed by atoms with Gasteiger partial charge in [0.05, 0.1) is 7.18 Å². The SMILES string of the molecule is C=C/C=C\C(=C/C)C(=O)C(=O)C(=C)/C=C\CC.CC.CF. The summed E-state index contributed by atoms with van der Waals surface area (Å²) in [6.45, 7) is 14.7. The van der Waals surface area contributed by atoms with Crippen LogP contribution in [0.3, 0.4) is 0 Å². The molecule has 0 aliphatic rings. The molecule has 0 saturated carbocycles. The molecule has 0 aromatic heterocycles. The number of hydrogen-bond acceptors (Lipinski definition) is 2. The Labute approximate surface area is 128 Å². The number of alkyl halides is 1. The number of halogens is 1. The zero-order valence-corrected chi connectivity index (χ0v) is 13.8. The van der Waals surface area contributed by atoms with Crippen LogP contribution < -0.4 is 0 Å². The summed E-state index contributed by atoms with van der Waals surface area (Å²) in [6.07, 6.45) is 10.5. The van der Waals surface area contributed by atoms with Gasteiger partial charge in [-0.2, -0.15) is 0 Å². The Bertz CT molecular complexity index is 413. The fraction of sp³-hybridized carbons (Fsp3) is 0.333. The molecule has 0 fully saturated rings. The van der Waals surface area contributed by atoms with E-state index in [9.17, 15) is 14.0 Å². The Morgan fingerprint density at radius 3 is 2.00 bits per heavy atom. The van der Waals surface area contributed by atoms with Gasteiger partial charge in [-0.3, -0.25) is 14.0 Å². The van der Waals surface area contributed by atoms with E-state index in [1.54, 1.807) is 43.4 Å². The van der Waals surface area contributed by atoms with Crippen molar-refractivity contribution in [1.29, 1.82) is 0 Å². The normalized spacial score (nSPS) is 10.3. The molecule has 118 valence electrons. The monoisotopic (exact) mass is 294 g/mol. The Kier molecular flexibility index (Phi) is 20.6. The summed E-state index contributed by atoms with van der Waals surface area (Å²) in [5, 5.41) is 0. The Hall–Kier alpha value is -2.03. The molecule has 0 rings (SSSR count). The second-order valence-corrected chi connectivity index (χ2v) is 3.33. The molecular formula is C18H27FO2. The van der Waals surface area contributed by atoms with Crippen LogP contribution in [0.4, 0.5) is 4.39 Å². The molecule has 0 unspecified atom stereocenters. The molecule has 3 heteroatoms. The van der Waals surface area contributed by atoms with Crippen LogP contribution >= 0.6 is 0 Å². The van der Waals surface area contributed by atoms with Gasteiger partial charge in [-0.1, -0.05) is 70.4 Å². The van der Waals surface area contributed by atoms with Gasteiger partial charge in [0, 0.05) is 11.1 Å². The van der Waals surface area contributed by atoms with Crippen molar-refractivity contribution in [3.05, 3.63) is 60.8 Å². The average molecular weight is 294 g/mol. The number of ketones is 2. The van der Waals surface area contributed by atoms with E-state index in [4.69, 9.17) is 0 Å². The smallest absolute Gasteiger partial charge is 0.233 e.